The molecule has 1 saturated carbocycles. The van der Waals surface area contributed by atoms with Gasteiger partial charge in [-0.2, -0.15) is 0 Å². The third-order valence-electron chi connectivity index (χ3n) is 3.84. The molecule has 0 aromatic heterocycles. The minimum absolute atomic E-state index is 0.0525. The average Bonchev–Trinajstić information content (AvgIpc) is 2.90. The Bertz CT molecular complexity index is 500. The monoisotopic (exact) mass is 339 g/mol. The number of rotatable bonds is 4. The van der Waals surface area contributed by atoms with Crippen molar-refractivity contribution in [2.75, 3.05) is 7.05 Å². The van der Waals surface area contributed by atoms with E-state index in [0.717, 1.165) is 10.0 Å². The number of carbonyl (C=O) groups excluding carboxylic acids is 1. The smallest absolute Gasteiger partial charge is 0.306 e. The van der Waals surface area contributed by atoms with Crippen LogP contribution in [0.1, 0.15) is 24.8 Å². The van der Waals surface area contributed by atoms with Gasteiger partial charge in [0.1, 0.15) is 0 Å². The molecule has 4 nitrogen and oxygen atoms in total. The standard InChI is InChI=1S/C15H18BrNO3/c1-17(9-10-2-6-13(16)7-3-10)14(18)11-4-5-12(8-11)15(19)20/h2-3,6-7,11-12H,4-5,8-9H2,1H3,(H,19,20)/t11-,12+/m1/s1. The summed E-state index contributed by atoms with van der Waals surface area (Å²) in [6.07, 6.45) is 1.76. The summed E-state index contributed by atoms with van der Waals surface area (Å²) in [5.41, 5.74) is 1.07. The predicted octanol–water partition coefficient (Wildman–Crippen LogP) is 2.91. The molecule has 1 aliphatic carbocycles. The Morgan fingerprint density at radius 1 is 1.25 bits per heavy atom. The summed E-state index contributed by atoms with van der Waals surface area (Å²) in [4.78, 5) is 24.9. The normalized spacial score (nSPS) is 21.7. The fraction of sp³-hybridized carbons (Fsp3) is 0.467. The van der Waals surface area contributed by atoms with E-state index in [-0.39, 0.29) is 17.7 Å². The molecule has 0 bridgehead atoms. The van der Waals surface area contributed by atoms with E-state index in [1.165, 1.54) is 0 Å². The van der Waals surface area contributed by atoms with Gasteiger partial charge in [-0.3, -0.25) is 9.59 Å². The number of benzene rings is 1. The van der Waals surface area contributed by atoms with Gasteiger partial charge in [0.05, 0.1) is 5.92 Å². The maximum atomic E-state index is 12.3. The minimum Gasteiger partial charge on any atom is -0.481 e. The van der Waals surface area contributed by atoms with Crippen molar-refractivity contribution in [3.8, 4) is 0 Å². The Morgan fingerprint density at radius 3 is 2.40 bits per heavy atom. The first-order valence-electron chi connectivity index (χ1n) is 6.69. The zero-order valence-electron chi connectivity index (χ0n) is 11.4. The summed E-state index contributed by atoms with van der Waals surface area (Å²) in [6.45, 7) is 0.556. The van der Waals surface area contributed by atoms with E-state index in [1.807, 2.05) is 24.3 Å². The Balaban J connectivity index is 1.92. The quantitative estimate of drug-likeness (QED) is 0.917. The van der Waals surface area contributed by atoms with Gasteiger partial charge >= 0.3 is 5.97 Å². The maximum absolute atomic E-state index is 12.3. The molecule has 108 valence electrons. The van der Waals surface area contributed by atoms with Crippen LogP contribution in [0.25, 0.3) is 0 Å². The van der Waals surface area contributed by atoms with Crippen LogP contribution < -0.4 is 0 Å². The van der Waals surface area contributed by atoms with Crippen molar-refractivity contribution in [3.05, 3.63) is 34.3 Å². The highest BCUT2D eigenvalue weighted by molar-refractivity contribution is 9.10. The van der Waals surface area contributed by atoms with E-state index in [2.05, 4.69) is 15.9 Å². The van der Waals surface area contributed by atoms with Crippen molar-refractivity contribution < 1.29 is 14.7 Å². The summed E-state index contributed by atoms with van der Waals surface area (Å²) in [5, 5.41) is 8.98. The number of hydrogen-bond acceptors (Lipinski definition) is 2. The summed E-state index contributed by atoms with van der Waals surface area (Å²) < 4.78 is 1.01. The van der Waals surface area contributed by atoms with Gasteiger partial charge in [-0.15, -0.1) is 0 Å². The lowest BCUT2D eigenvalue weighted by Crippen LogP contribution is -2.31. The Kier molecular flexibility index (Phi) is 4.81. The van der Waals surface area contributed by atoms with Crippen LogP contribution in [0.15, 0.2) is 28.7 Å². The van der Waals surface area contributed by atoms with Crippen molar-refractivity contribution in [3.63, 3.8) is 0 Å². The lowest BCUT2D eigenvalue weighted by molar-refractivity contribution is -0.141. The molecule has 0 aliphatic heterocycles. The first-order chi connectivity index (χ1) is 9.47. The third kappa shape index (κ3) is 3.60. The largest absolute Gasteiger partial charge is 0.481 e. The molecule has 0 spiro atoms. The highest BCUT2D eigenvalue weighted by Gasteiger charge is 2.35. The summed E-state index contributed by atoms with van der Waals surface area (Å²) in [6, 6.07) is 7.85. The van der Waals surface area contributed by atoms with Gasteiger partial charge in [-0.1, -0.05) is 28.1 Å². The minimum atomic E-state index is -0.782. The van der Waals surface area contributed by atoms with E-state index in [1.54, 1.807) is 11.9 Å². The molecule has 1 aliphatic rings. The van der Waals surface area contributed by atoms with Crippen LogP contribution in [0.3, 0.4) is 0 Å². The highest BCUT2D eigenvalue weighted by Crippen LogP contribution is 2.32. The fourth-order valence-electron chi connectivity index (χ4n) is 2.68. The first kappa shape index (κ1) is 15.0. The molecule has 0 saturated heterocycles. The lowest BCUT2D eigenvalue weighted by Gasteiger charge is -2.21. The number of aliphatic carboxylic acids is 1. The van der Waals surface area contributed by atoms with Gasteiger partial charge in [0.25, 0.3) is 0 Å². The zero-order chi connectivity index (χ0) is 14.7. The molecule has 20 heavy (non-hydrogen) atoms. The van der Waals surface area contributed by atoms with Crippen LogP contribution in [0, 0.1) is 11.8 Å². The van der Waals surface area contributed by atoms with Crippen LogP contribution >= 0.6 is 15.9 Å². The second-order valence-corrected chi connectivity index (χ2v) is 6.28. The van der Waals surface area contributed by atoms with Gasteiger partial charge in [0, 0.05) is 24.0 Å². The summed E-state index contributed by atoms with van der Waals surface area (Å²) in [7, 11) is 1.78. The van der Waals surface area contributed by atoms with Crippen LogP contribution in [0.4, 0.5) is 0 Å². The average molecular weight is 340 g/mol. The number of carbonyl (C=O) groups is 2. The fourth-order valence-corrected chi connectivity index (χ4v) is 2.95. The summed E-state index contributed by atoms with van der Waals surface area (Å²) in [5.74, 6) is -1.23. The maximum Gasteiger partial charge on any atom is 0.306 e. The second-order valence-electron chi connectivity index (χ2n) is 5.37. The molecule has 1 amide bonds. The number of carboxylic acid groups (broad SMARTS) is 1. The zero-order valence-corrected chi connectivity index (χ0v) is 13.0. The van der Waals surface area contributed by atoms with Crippen molar-refractivity contribution in [1.82, 2.24) is 4.90 Å². The molecule has 1 aromatic carbocycles. The Morgan fingerprint density at radius 2 is 1.85 bits per heavy atom. The van der Waals surface area contributed by atoms with Gasteiger partial charge < -0.3 is 10.0 Å². The molecule has 0 radical (unpaired) electrons. The molecule has 1 aromatic rings. The molecule has 2 atom stereocenters. The van der Waals surface area contributed by atoms with Crippen LogP contribution in [-0.2, 0) is 16.1 Å². The van der Waals surface area contributed by atoms with Gasteiger partial charge in [-0.05, 0) is 37.0 Å². The van der Waals surface area contributed by atoms with Crippen molar-refractivity contribution in [2.45, 2.75) is 25.8 Å². The lowest BCUT2D eigenvalue weighted by atomic mass is 10.0. The van der Waals surface area contributed by atoms with E-state index in [4.69, 9.17) is 5.11 Å². The van der Waals surface area contributed by atoms with Crippen LogP contribution in [0.2, 0.25) is 0 Å². The number of nitrogens with zero attached hydrogens (tertiary/aromatic N) is 1. The molecule has 0 heterocycles. The van der Waals surface area contributed by atoms with Gasteiger partial charge in [0.15, 0.2) is 0 Å². The molecular formula is C15H18BrNO3. The number of carboxylic acids is 1. The molecule has 1 N–H and O–H groups in total. The van der Waals surface area contributed by atoms with E-state index in [0.29, 0.717) is 25.8 Å². The number of amides is 1. The van der Waals surface area contributed by atoms with E-state index < -0.39 is 5.97 Å². The molecule has 1 fully saturated rings. The number of hydrogen-bond donors (Lipinski definition) is 1. The number of halogens is 1. The van der Waals surface area contributed by atoms with E-state index in [9.17, 15) is 9.59 Å². The van der Waals surface area contributed by atoms with Crippen molar-refractivity contribution in [1.29, 1.82) is 0 Å². The van der Waals surface area contributed by atoms with Crippen molar-refractivity contribution >= 4 is 27.8 Å². The second kappa shape index (κ2) is 6.39. The van der Waals surface area contributed by atoms with Gasteiger partial charge in [0.2, 0.25) is 5.91 Å². The molecule has 5 heteroatoms. The predicted molar refractivity (Wildman–Crippen MR) is 79.1 cm³/mol. The molecular weight excluding hydrogens is 322 g/mol. The molecule has 2 rings (SSSR count). The molecule has 0 unspecified atom stereocenters. The van der Waals surface area contributed by atoms with Crippen LogP contribution in [0.5, 0.6) is 0 Å². The van der Waals surface area contributed by atoms with Crippen LogP contribution in [-0.4, -0.2) is 28.9 Å². The summed E-state index contributed by atoms with van der Waals surface area (Å²) >= 11 is 3.38. The third-order valence-corrected chi connectivity index (χ3v) is 4.37. The Labute approximate surface area is 126 Å². The van der Waals surface area contributed by atoms with E-state index >= 15 is 0 Å². The first-order valence-corrected chi connectivity index (χ1v) is 7.49. The van der Waals surface area contributed by atoms with Crippen molar-refractivity contribution in [2.24, 2.45) is 11.8 Å². The van der Waals surface area contributed by atoms with Gasteiger partial charge in [-0.25, -0.2) is 0 Å². The highest BCUT2D eigenvalue weighted by atomic mass is 79.9. The SMILES string of the molecule is CN(Cc1ccc(Br)cc1)C(=O)[C@@H]1CC[C@H](C(=O)O)C1. The topological polar surface area (TPSA) is 57.6 Å². The Hall–Kier alpha value is -1.36.